The van der Waals surface area contributed by atoms with Crippen molar-refractivity contribution >= 4 is 0 Å². The Morgan fingerprint density at radius 2 is 1.12 bits per heavy atom. The first-order valence-electron chi connectivity index (χ1n) is 5.37. The molecular formula is C10H22O6. The van der Waals surface area contributed by atoms with Crippen LogP contribution in [0.15, 0.2) is 0 Å². The standard InChI is InChI=1S/C10H22O6/c1-2-3-10(7(14)4-11,8(15)5-12)9(16)6-13/h7-9,11-16H,2-6H2,1H3. The predicted octanol–water partition coefficient (Wildman–Crippen LogP) is -2.17. The van der Waals surface area contributed by atoms with E-state index in [4.69, 9.17) is 15.3 Å². The van der Waals surface area contributed by atoms with Crippen molar-refractivity contribution in [3.8, 4) is 0 Å². The van der Waals surface area contributed by atoms with Gasteiger partial charge in [-0.25, -0.2) is 0 Å². The maximum atomic E-state index is 9.71. The zero-order chi connectivity index (χ0) is 12.8. The average molecular weight is 238 g/mol. The fraction of sp³-hybridized carbons (Fsp3) is 1.00. The van der Waals surface area contributed by atoms with Crippen molar-refractivity contribution in [2.45, 2.75) is 38.1 Å². The molecule has 3 unspecified atom stereocenters. The van der Waals surface area contributed by atoms with E-state index in [1.54, 1.807) is 6.92 Å². The highest BCUT2D eigenvalue weighted by molar-refractivity contribution is 4.97. The van der Waals surface area contributed by atoms with Crippen molar-refractivity contribution in [2.75, 3.05) is 19.8 Å². The molecule has 0 spiro atoms. The van der Waals surface area contributed by atoms with E-state index in [0.717, 1.165) is 0 Å². The molecule has 0 fully saturated rings. The van der Waals surface area contributed by atoms with Gasteiger partial charge >= 0.3 is 0 Å². The molecule has 3 atom stereocenters. The Bertz CT molecular complexity index is 160. The molecule has 0 aromatic rings. The average Bonchev–Trinajstić information content (AvgIpc) is 2.32. The van der Waals surface area contributed by atoms with Crippen LogP contribution < -0.4 is 0 Å². The Kier molecular flexibility index (Phi) is 7.05. The van der Waals surface area contributed by atoms with Gasteiger partial charge in [-0.3, -0.25) is 0 Å². The first-order chi connectivity index (χ1) is 7.50. The molecule has 6 nitrogen and oxygen atoms in total. The Balaban J connectivity index is 5.19. The van der Waals surface area contributed by atoms with E-state index in [0.29, 0.717) is 6.42 Å². The topological polar surface area (TPSA) is 121 Å². The Labute approximate surface area is 94.8 Å². The van der Waals surface area contributed by atoms with Crippen molar-refractivity contribution in [3.63, 3.8) is 0 Å². The molecule has 0 bridgehead atoms. The highest BCUT2D eigenvalue weighted by atomic mass is 16.4. The van der Waals surface area contributed by atoms with Crippen LogP contribution in [0.2, 0.25) is 0 Å². The Morgan fingerprint density at radius 1 is 0.812 bits per heavy atom. The normalized spacial score (nSPS) is 21.2. The summed E-state index contributed by atoms with van der Waals surface area (Å²) in [6.45, 7) is -0.205. The smallest absolute Gasteiger partial charge is 0.0878 e. The molecule has 0 aromatic carbocycles. The molecule has 0 radical (unpaired) electrons. The molecule has 6 N–H and O–H groups in total. The summed E-state index contributed by atoms with van der Waals surface area (Å²) in [5.74, 6) is 0. The second kappa shape index (κ2) is 7.16. The van der Waals surface area contributed by atoms with Crippen molar-refractivity contribution in [1.29, 1.82) is 0 Å². The van der Waals surface area contributed by atoms with Gasteiger partial charge < -0.3 is 30.6 Å². The summed E-state index contributed by atoms with van der Waals surface area (Å²) in [6.07, 6.45) is -3.52. The monoisotopic (exact) mass is 238 g/mol. The zero-order valence-electron chi connectivity index (χ0n) is 9.45. The highest BCUT2D eigenvalue weighted by Gasteiger charge is 2.48. The number of hydrogen-bond acceptors (Lipinski definition) is 6. The molecule has 6 heteroatoms. The third-order valence-corrected chi connectivity index (χ3v) is 3.06. The van der Waals surface area contributed by atoms with E-state index in [2.05, 4.69) is 0 Å². The van der Waals surface area contributed by atoms with Crippen LogP contribution in [0, 0.1) is 5.41 Å². The molecule has 0 aliphatic rings. The molecule has 0 rings (SSSR count). The summed E-state index contributed by atoms with van der Waals surface area (Å²) in [5, 5.41) is 56.0. The second-order valence-corrected chi connectivity index (χ2v) is 3.96. The number of aliphatic hydroxyl groups excluding tert-OH is 6. The molecule has 0 amide bonds. The third-order valence-electron chi connectivity index (χ3n) is 3.06. The summed E-state index contributed by atoms with van der Waals surface area (Å²) in [5.41, 5.74) is -1.51. The van der Waals surface area contributed by atoms with Gasteiger partial charge in [0.25, 0.3) is 0 Å². The van der Waals surface area contributed by atoms with Gasteiger partial charge in [-0.1, -0.05) is 13.3 Å². The van der Waals surface area contributed by atoms with Gasteiger partial charge in [0.1, 0.15) is 0 Å². The van der Waals surface area contributed by atoms with Crippen LogP contribution in [-0.2, 0) is 0 Å². The quantitative estimate of drug-likeness (QED) is 0.286. The lowest BCUT2D eigenvalue weighted by atomic mass is 9.69. The summed E-state index contributed by atoms with van der Waals surface area (Å²) in [4.78, 5) is 0. The van der Waals surface area contributed by atoms with E-state index in [1.165, 1.54) is 0 Å². The number of hydrogen-bond donors (Lipinski definition) is 6. The third kappa shape index (κ3) is 2.91. The van der Waals surface area contributed by atoms with Gasteiger partial charge in [-0.2, -0.15) is 0 Å². The maximum Gasteiger partial charge on any atom is 0.0878 e. The van der Waals surface area contributed by atoms with Crippen LogP contribution in [0.25, 0.3) is 0 Å². The van der Waals surface area contributed by atoms with E-state index in [9.17, 15) is 15.3 Å². The molecular weight excluding hydrogens is 216 g/mol. The van der Waals surface area contributed by atoms with Crippen LogP contribution >= 0.6 is 0 Å². The van der Waals surface area contributed by atoms with Crippen molar-refractivity contribution in [3.05, 3.63) is 0 Å². The SMILES string of the molecule is CCCC(C(O)CO)(C(O)CO)C(O)CO. The zero-order valence-corrected chi connectivity index (χ0v) is 9.45. The first-order valence-corrected chi connectivity index (χ1v) is 5.37. The van der Waals surface area contributed by atoms with Gasteiger partial charge in [0.15, 0.2) is 0 Å². The molecule has 0 aromatic heterocycles. The van der Waals surface area contributed by atoms with Crippen LogP contribution in [0.1, 0.15) is 19.8 Å². The molecule has 98 valence electrons. The fourth-order valence-electron chi connectivity index (χ4n) is 2.11. The summed E-state index contributed by atoms with van der Waals surface area (Å²) in [6, 6.07) is 0. The van der Waals surface area contributed by atoms with E-state index < -0.39 is 43.5 Å². The maximum absolute atomic E-state index is 9.71. The minimum Gasteiger partial charge on any atom is -0.394 e. The van der Waals surface area contributed by atoms with Crippen LogP contribution in [-0.4, -0.2) is 68.8 Å². The fourth-order valence-corrected chi connectivity index (χ4v) is 2.11. The molecule has 0 saturated heterocycles. The largest absolute Gasteiger partial charge is 0.394 e. The molecule has 0 saturated carbocycles. The van der Waals surface area contributed by atoms with Crippen LogP contribution in [0.4, 0.5) is 0 Å². The van der Waals surface area contributed by atoms with Gasteiger partial charge in [0, 0.05) is 0 Å². The van der Waals surface area contributed by atoms with E-state index in [-0.39, 0.29) is 6.42 Å². The lowest BCUT2D eigenvalue weighted by Crippen LogP contribution is -2.57. The summed E-state index contributed by atoms with van der Waals surface area (Å²) in [7, 11) is 0. The lowest BCUT2D eigenvalue weighted by molar-refractivity contribution is -0.174. The Morgan fingerprint density at radius 3 is 1.31 bits per heavy atom. The van der Waals surface area contributed by atoms with Gasteiger partial charge in [0.05, 0.1) is 43.5 Å². The van der Waals surface area contributed by atoms with Gasteiger partial charge in [0.2, 0.25) is 0 Å². The molecule has 0 aliphatic carbocycles. The van der Waals surface area contributed by atoms with Gasteiger partial charge in [-0.15, -0.1) is 0 Å². The number of rotatable bonds is 8. The van der Waals surface area contributed by atoms with Crippen molar-refractivity contribution < 1.29 is 30.6 Å². The van der Waals surface area contributed by atoms with E-state index >= 15 is 0 Å². The summed E-state index contributed by atoms with van der Waals surface area (Å²) >= 11 is 0. The van der Waals surface area contributed by atoms with Crippen LogP contribution in [0.3, 0.4) is 0 Å². The van der Waals surface area contributed by atoms with Crippen molar-refractivity contribution in [1.82, 2.24) is 0 Å². The van der Waals surface area contributed by atoms with Crippen molar-refractivity contribution in [2.24, 2.45) is 5.41 Å². The molecule has 0 aliphatic heterocycles. The lowest BCUT2D eigenvalue weighted by Gasteiger charge is -2.43. The first kappa shape index (κ1) is 15.8. The minimum atomic E-state index is -1.51. The number of aliphatic hydroxyl groups is 6. The highest BCUT2D eigenvalue weighted by Crippen LogP contribution is 2.36. The van der Waals surface area contributed by atoms with Gasteiger partial charge in [-0.05, 0) is 6.42 Å². The van der Waals surface area contributed by atoms with E-state index in [1.807, 2.05) is 0 Å². The Hall–Kier alpha value is -0.240. The second-order valence-electron chi connectivity index (χ2n) is 3.96. The van der Waals surface area contributed by atoms with Crippen LogP contribution in [0.5, 0.6) is 0 Å². The minimum absolute atomic E-state index is 0.179. The molecule has 0 heterocycles. The molecule has 16 heavy (non-hydrogen) atoms. The summed E-state index contributed by atoms with van der Waals surface area (Å²) < 4.78 is 0. The predicted molar refractivity (Wildman–Crippen MR) is 56.6 cm³/mol.